The van der Waals surface area contributed by atoms with Crippen molar-refractivity contribution in [2.24, 2.45) is 5.73 Å². The van der Waals surface area contributed by atoms with Gasteiger partial charge in [0.1, 0.15) is 6.04 Å². The lowest BCUT2D eigenvalue weighted by atomic mass is 9.85. The van der Waals surface area contributed by atoms with Crippen molar-refractivity contribution < 1.29 is 9.90 Å². The van der Waals surface area contributed by atoms with E-state index in [1.807, 2.05) is 60.7 Å². The van der Waals surface area contributed by atoms with Crippen molar-refractivity contribution in [2.45, 2.75) is 17.2 Å². The molecule has 0 saturated heterocycles. The van der Waals surface area contributed by atoms with Gasteiger partial charge in [-0.05, 0) is 35.2 Å². The molecule has 0 aliphatic rings. The summed E-state index contributed by atoms with van der Waals surface area (Å²) in [5, 5.41) is 9.98. The van der Waals surface area contributed by atoms with Crippen molar-refractivity contribution >= 4 is 29.3 Å². The summed E-state index contributed by atoms with van der Waals surface area (Å²) in [6.07, 6.45) is 0.690. The summed E-state index contributed by atoms with van der Waals surface area (Å²) in [6.45, 7) is 0. The van der Waals surface area contributed by atoms with Gasteiger partial charge in [0, 0.05) is 10.8 Å². The Kier molecular flexibility index (Phi) is 6.79. The molecule has 5 heteroatoms. The van der Waals surface area contributed by atoms with E-state index < -0.39 is 16.8 Å². The number of carboxylic acids is 1. The minimum absolute atomic E-state index is 0.298. The van der Waals surface area contributed by atoms with Crippen LogP contribution in [-0.4, -0.2) is 22.9 Å². The quantitative estimate of drug-likeness (QED) is 0.549. The second kappa shape index (κ2) is 9.28. The van der Waals surface area contributed by atoms with Crippen LogP contribution in [0.5, 0.6) is 0 Å². The second-order valence-corrected chi connectivity index (χ2v) is 8.37. The fraction of sp³-hybridized carbons (Fsp3) is 0.174. The molecule has 0 saturated carbocycles. The van der Waals surface area contributed by atoms with E-state index in [2.05, 4.69) is 24.3 Å². The zero-order valence-electron chi connectivity index (χ0n) is 15.3. The van der Waals surface area contributed by atoms with Crippen molar-refractivity contribution in [3.8, 4) is 0 Å². The standard InChI is InChI=1S/C23H22ClNO2S/c24-20-13-11-17(12-14-20)15-23(18-7-3-1-4-8-18,19-9-5-2-6-10-19)28-16-21(25)22(26)27/h1-14,21H,15-16,25H2,(H,26,27)/t21-/m0/s1. The minimum atomic E-state index is -0.992. The molecule has 0 fully saturated rings. The number of halogens is 1. The normalized spacial score (nSPS) is 12.5. The van der Waals surface area contributed by atoms with E-state index in [0.717, 1.165) is 16.7 Å². The first-order valence-corrected chi connectivity index (χ1v) is 10.4. The Morgan fingerprint density at radius 2 is 1.43 bits per heavy atom. The highest BCUT2D eigenvalue weighted by Crippen LogP contribution is 2.45. The fourth-order valence-corrected chi connectivity index (χ4v) is 4.80. The van der Waals surface area contributed by atoms with Gasteiger partial charge in [0.15, 0.2) is 0 Å². The van der Waals surface area contributed by atoms with Crippen LogP contribution in [0.15, 0.2) is 84.9 Å². The van der Waals surface area contributed by atoms with Crippen LogP contribution in [0, 0.1) is 0 Å². The van der Waals surface area contributed by atoms with Crippen LogP contribution in [0.4, 0.5) is 0 Å². The largest absolute Gasteiger partial charge is 0.480 e. The minimum Gasteiger partial charge on any atom is -0.480 e. The third-order valence-electron chi connectivity index (χ3n) is 4.67. The molecule has 0 aliphatic heterocycles. The lowest BCUT2D eigenvalue weighted by Crippen LogP contribution is -2.36. The van der Waals surface area contributed by atoms with Crippen molar-refractivity contribution in [3.05, 3.63) is 107 Å². The average Bonchev–Trinajstić information content (AvgIpc) is 2.73. The monoisotopic (exact) mass is 411 g/mol. The zero-order valence-corrected chi connectivity index (χ0v) is 16.9. The van der Waals surface area contributed by atoms with Crippen LogP contribution in [0.2, 0.25) is 5.02 Å². The van der Waals surface area contributed by atoms with E-state index in [4.69, 9.17) is 17.3 Å². The van der Waals surface area contributed by atoms with Crippen molar-refractivity contribution in [3.63, 3.8) is 0 Å². The van der Waals surface area contributed by atoms with Crippen LogP contribution in [0.1, 0.15) is 16.7 Å². The molecule has 0 amide bonds. The maximum atomic E-state index is 11.3. The van der Waals surface area contributed by atoms with Gasteiger partial charge in [-0.25, -0.2) is 0 Å². The maximum Gasteiger partial charge on any atom is 0.321 e. The molecule has 3 N–H and O–H groups in total. The van der Waals surface area contributed by atoms with Crippen LogP contribution in [0.25, 0.3) is 0 Å². The van der Waals surface area contributed by atoms with Gasteiger partial charge in [-0.1, -0.05) is 84.4 Å². The topological polar surface area (TPSA) is 63.3 Å². The molecule has 0 spiro atoms. The van der Waals surface area contributed by atoms with Gasteiger partial charge < -0.3 is 10.8 Å². The third kappa shape index (κ3) is 4.76. The number of aliphatic carboxylic acids is 1. The summed E-state index contributed by atoms with van der Waals surface area (Å²) in [5.74, 6) is -0.693. The first-order valence-electron chi connectivity index (χ1n) is 8.99. The summed E-state index contributed by atoms with van der Waals surface area (Å²) in [6, 6.07) is 27.2. The second-order valence-electron chi connectivity index (χ2n) is 6.62. The first kappa shape index (κ1) is 20.5. The van der Waals surface area contributed by atoms with Gasteiger partial charge in [-0.3, -0.25) is 4.79 Å². The summed E-state index contributed by atoms with van der Waals surface area (Å²) in [7, 11) is 0. The molecule has 3 rings (SSSR count). The molecule has 3 nitrogen and oxygen atoms in total. The van der Waals surface area contributed by atoms with E-state index >= 15 is 0 Å². The zero-order chi connectivity index (χ0) is 20.0. The summed E-state index contributed by atoms with van der Waals surface area (Å²) >= 11 is 7.64. The lowest BCUT2D eigenvalue weighted by molar-refractivity contribution is -0.137. The van der Waals surface area contributed by atoms with Crippen molar-refractivity contribution in [1.29, 1.82) is 0 Å². The Labute approximate surface area is 174 Å². The molecular weight excluding hydrogens is 390 g/mol. The molecular formula is C23H22ClNO2S. The van der Waals surface area contributed by atoms with Crippen LogP contribution < -0.4 is 5.73 Å². The van der Waals surface area contributed by atoms with E-state index in [1.54, 1.807) is 11.8 Å². The number of hydrogen-bond donors (Lipinski definition) is 2. The fourth-order valence-electron chi connectivity index (χ4n) is 3.20. The summed E-state index contributed by atoms with van der Waals surface area (Å²) < 4.78 is -0.469. The number of thioether (sulfide) groups is 1. The number of hydrogen-bond acceptors (Lipinski definition) is 3. The molecule has 28 heavy (non-hydrogen) atoms. The molecule has 0 aliphatic carbocycles. The number of nitrogens with two attached hydrogens (primary N) is 1. The van der Waals surface area contributed by atoms with Gasteiger partial charge in [0.05, 0.1) is 4.75 Å². The van der Waals surface area contributed by atoms with Gasteiger partial charge in [-0.15, -0.1) is 11.8 Å². The van der Waals surface area contributed by atoms with Gasteiger partial charge >= 0.3 is 5.97 Å². The maximum absolute atomic E-state index is 11.3. The SMILES string of the molecule is N[C@@H](CSC(Cc1ccc(Cl)cc1)(c1ccccc1)c1ccccc1)C(=O)O. The lowest BCUT2D eigenvalue weighted by Gasteiger charge is -2.35. The molecule has 3 aromatic rings. The Hall–Kier alpha value is -2.27. The Bertz CT molecular complexity index is 861. The first-order chi connectivity index (χ1) is 13.5. The highest BCUT2D eigenvalue weighted by atomic mass is 35.5. The van der Waals surface area contributed by atoms with Gasteiger partial charge in [0.2, 0.25) is 0 Å². The highest BCUT2D eigenvalue weighted by Gasteiger charge is 2.36. The summed E-state index contributed by atoms with van der Waals surface area (Å²) in [5.41, 5.74) is 9.19. The number of carboxylic acid groups (broad SMARTS) is 1. The Morgan fingerprint density at radius 3 is 1.89 bits per heavy atom. The van der Waals surface area contributed by atoms with Crippen molar-refractivity contribution in [1.82, 2.24) is 0 Å². The van der Waals surface area contributed by atoms with E-state index in [1.165, 1.54) is 0 Å². The molecule has 144 valence electrons. The molecule has 0 unspecified atom stereocenters. The highest BCUT2D eigenvalue weighted by molar-refractivity contribution is 8.00. The average molecular weight is 412 g/mol. The van der Waals surface area contributed by atoms with E-state index in [9.17, 15) is 9.90 Å². The molecule has 3 aromatic carbocycles. The van der Waals surface area contributed by atoms with Crippen molar-refractivity contribution in [2.75, 3.05) is 5.75 Å². The smallest absolute Gasteiger partial charge is 0.321 e. The predicted octanol–water partition coefficient (Wildman–Crippen LogP) is 4.97. The Morgan fingerprint density at radius 1 is 0.929 bits per heavy atom. The third-order valence-corrected chi connectivity index (χ3v) is 6.56. The van der Waals surface area contributed by atoms with E-state index in [-0.39, 0.29) is 0 Å². The molecule has 0 bridgehead atoms. The van der Waals surface area contributed by atoms with E-state index in [0.29, 0.717) is 17.2 Å². The van der Waals surface area contributed by atoms with Gasteiger partial charge in [0.25, 0.3) is 0 Å². The summed E-state index contributed by atoms with van der Waals surface area (Å²) in [4.78, 5) is 11.3. The number of carbonyl (C=O) groups is 1. The Balaban J connectivity index is 2.10. The van der Waals surface area contributed by atoms with Crippen LogP contribution in [-0.2, 0) is 16.0 Å². The molecule has 1 atom stereocenters. The number of rotatable bonds is 8. The number of benzene rings is 3. The van der Waals surface area contributed by atoms with Gasteiger partial charge in [-0.2, -0.15) is 0 Å². The molecule has 0 aromatic heterocycles. The predicted molar refractivity (Wildman–Crippen MR) is 117 cm³/mol. The molecule has 0 heterocycles. The van der Waals surface area contributed by atoms with Crippen LogP contribution in [0.3, 0.4) is 0 Å². The van der Waals surface area contributed by atoms with Crippen LogP contribution >= 0.6 is 23.4 Å². The molecule has 0 radical (unpaired) electrons.